The van der Waals surface area contributed by atoms with Gasteiger partial charge in [-0.05, 0) is 53.8 Å². The van der Waals surface area contributed by atoms with Crippen LogP contribution in [0.3, 0.4) is 0 Å². The highest BCUT2D eigenvalue weighted by atomic mass is 79.9. The minimum absolute atomic E-state index is 0.149. The van der Waals surface area contributed by atoms with E-state index in [1.165, 1.54) is 11.6 Å². The molecule has 0 aromatic heterocycles. The average Bonchev–Trinajstić information content (AvgIpc) is 2.39. The summed E-state index contributed by atoms with van der Waals surface area (Å²) in [6.07, 6.45) is 0.674. The number of rotatable bonds is 4. The van der Waals surface area contributed by atoms with Gasteiger partial charge in [0.15, 0.2) is 0 Å². The van der Waals surface area contributed by atoms with E-state index in [0.29, 0.717) is 6.42 Å². The minimum Gasteiger partial charge on any atom is -0.207 e. The first-order chi connectivity index (χ1) is 9.10. The summed E-state index contributed by atoms with van der Waals surface area (Å²) in [5.74, 6) is 0.102. The van der Waals surface area contributed by atoms with E-state index >= 15 is 0 Å². The number of alkyl halides is 1. The fourth-order valence-corrected chi connectivity index (χ4v) is 3.42. The van der Waals surface area contributed by atoms with Crippen molar-refractivity contribution in [3.63, 3.8) is 0 Å². The summed E-state index contributed by atoms with van der Waals surface area (Å²) < 4.78 is 15.8. The highest BCUT2D eigenvalue weighted by molar-refractivity contribution is 9.10. The molecule has 0 fully saturated rings. The SMILES string of the molecule is Fc1ccc(Br)cc1CC(CBr)c1cccc(Br)c1. The standard InChI is InChI=1S/C15H12Br3F/c16-9-12(10-2-1-3-13(17)7-10)6-11-8-14(18)4-5-15(11)19/h1-5,7-8,12H,6,9H2. The summed E-state index contributed by atoms with van der Waals surface area (Å²) in [5, 5.41) is 0.801. The van der Waals surface area contributed by atoms with Crippen molar-refractivity contribution < 1.29 is 4.39 Å². The van der Waals surface area contributed by atoms with Crippen LogP contribution in [-0.2, 0) is 6.42 Å². The molecule has 0 aliphatic heterocycles. The lowest BCUT2D eigenvalue weighted by atomic mass is 9.93. The van der Waals surface area contributed by atoms with Gasteiger partial charge in [0, 0.05) is 14.3 Å². The van der Waals surface area contributed by atoms with Gasteiger partial charge in [0.05, 0.1) is 0 Å². The second kappa shape index (κ2) is 7.00. The Labute approximate surface area is 137 Å². The lowest BCUT2D eigenvalue weighted by Crippen LogP contribution is -2.06. The van der Waals surface area contributed by atoms with Crippen LogP contribution < -0.4 is 0 Å². The van der Waals surface area contributed by atoms with Crippen LogP contribution in [0.1, 0.15) is 17.0 Å². The van der Waals surface area contributed by atoms with Crippen LogP contribution in [0.25, 0.3) is 0 Å². The summed E-state index contributed by atoms with van der Waals surface area (Å²) in [6.45, 7) is 0. The Hall–Kier alpha value is -0.190. The summed E-state index contributed by atoms with van der Waals surface area (Å²) >= 11 is 10.4. The molecule has 4 heteroatoms. The van der Waals surface area contributed by atoms with Crippen LogP contribution >= 0.6 is 47.8 Å². The topological polar surface area (TPSA) is 0 Å². The Morgan fingerprint density at radius 1 is 1.00 bits per heavy atom. The maximum atomic E-state index is 13.8. The van der Waals surface area contributed by atoms with Crippen LogP contribution in [0.4, 0.5) is 4.39 Å². The van der Waals surface area contributed by atoms with E-state index in [-0.39, 0.29) is 11.7 Å². The van der Waals surface area contributed by atoms with E-state index < -0.39 is 0 Å². The highest BCUT2D eigenvalue weighted by Gasteiger charge is 2.14. The van der Waals surface area contributed by atoms with Gasteiger partial charge < -0.3 is 0 Å². The molecule has 19 heavy (non-hydrogen) atoms. The van der Waals surface area contributed by atoms with Crippen molar-refractivity contribution >= 4 is 47.8 Å². The number of benzene rings is 2. The van der Waals surface area contributed by atoms with Crippen molar-refractivity contribution in [1.29, 1.82) is 0 Å². The van der Waals surface area contributed by atoms with Crippen molar-refractivity contribution in [2.75, 3.05) is 5.33 Å². The zero-order chi connectivity index (χ0) is 13.8. The predicted molar refractivity (Wildman–Crippen MR) is 88.5 cm³/mol. The van der Waals surface area contributed by atoms with Gasteiger partial charge in [-0.2, -0.15) is 0 Å². The summed E-state index contributed by atoms with van der Waals surface area (Å²) in [7, 11) is 0. The quantitative estimate of drug-likeness (QED) is 0.496. The van der Waals surface area contributed by atoms with Crippen LogP contribution in [0.15, 0.2) is 51.4 Å². The van der Waals surface area contributed by atoms with E-state index in [4.69, 9.17) is 0 Å². The first-order valence-corrected chi connectivity index (χ1v) is 8.56. The number of hydrogen-bond acceptors (Lipinski definition) is 0. The Morgan fingerprint density at radius 3 is 2.42 bits per heavy atom. The Kier molecular flexibility index (Phi) is 5.60. The second-order valence-corrected chi connectivity index (χ2v) is 6.82. The molecule has 2 rings (SSSR count). The fourth-order valence-electron chi connectivity index (χ4n) is 1.99. The smallest absolute Gasteiger partial charge is 0.126 e. The maximum absolute atomic E-state index is 13.8. The van der Waals surface area contributed by atoms with Crippen LogP contribution in [0.5, 0.6) is 0 Å². The normalized spacial score (nSPS) is 12.4. The monoisotopic (exact) mass is 448 g/mol. The van der Waals surface area contributed by atoms with Crippen molar-refractivity contribution in [1.82, 2.24) is 0 Å². The third-order valence-electron chi connectivity index (χ3n) is 2.98. The fraction of sp³-hybridized carbons (Fsp3) is 0.200. The third-order valence-corrected chi connectivity index (χ3v) is 4.75. The molecule has 1 unspecified atom stereocenters. The summed E-state index contributed by atoms with van der Waals surface area (Å²) in [5.41, 5.74) is 1.93. The number of hydrogen-bond donors (Lipinski definition) is 0. The second-order valence-electron chi connectivity index (χ2n) is 4.35. The van der Waals surface area contributed by atoms with Crippen LogP contribution in [0.2, 0.25) is 0 Å². The van der Waals surface area contributed by atoms with Crippen molar-refractivity contribution in [3.8, 4) is 0 Å². The lowest BCUT2D eigenvalue weighted by molar-refractivity contribution is 0.599. The molecule has 0 saturated heterocycles. The van der Waals surface area contributed by atoms with E-state index in [9.17, 15) is 4.39 Å². The first-order valence-electron chi connectivity index (χ1n) is 5.85. The van der Waals surface area contributed by atoms with Gasteiger partial charge in [-0.25, -0.2) is 4.39 Å². The molecule has 2 aromatic carbocycles. The Bertz CT molecular complexity index is 569. The Balaban J connectivity index is 2.26. The molecule has 0 amide bonds. The molecular formula is C15H12Br3F. The molecule has 0 saturated carbocycles. The molecule has 0 N–H and O–H groups in total. The maximum Gasteiger partial charge on any atom is 0.126 e. The van der Waals surface area contributed by atoms with E-state index in [1.807, 2.05) is 18.2 Å². The van der Waals surface area contributed by atoms with Crippen molar-refractivity contribution in [3.05, 3.63) is 68.4 Å². The molecule has 0 heterocycles. The lowest BCUT2D eigenvalue weighted by Gasteiger charge is -2.15. The largest absolute Gasteiger partial charge is 0.207 e. The Morgan fingerprint density at radius 2 is 1.74 bits per heavy atom. The molecule has 1 atom stereocenters. The first kappa shape index (κ1) is 15.2. The van der Waals surface area contributed by atoms with Gasteiger partial charge in [-0.3, -0.25) is 0 Å². The molecule has 0 aliphatic carbocycles. The summed E-state index contributed by atoms with van der Waals surface area (Å²) in [6, 6.07) is 13.2. The van der Waals surface area contributed by atoms with E-state index in [0.717, 1.165) is 19.8 Å². The molecule has 0 spiro atoms. The molecule has 0 bridgehead atoms. The van der Waals surface area contributed by atoms with Gasteiger partial charge in [-0.1, -0.05) is 59.9 Å². The van der Waals surface area contributed by atoms with Crippen LogP contribution in [-0.4, -0.2) is 5.33 Å². The zero-order valence-corrected chi connectivity index (χ0v) is 14.8. The van der Waals surface area contributed by atoms with E-state index in [2.05, 4.69) is 59.9 Å². The highest BCUT2D eigenvalue weighted by Crippen LogP contribution is 2.27. The third kappa shape index (κ3) is 4.14. The number of halogens is 4. The molecule has 100 valence electrons. The average molecular weight is 451 g/mol. The van der Waals surface area contributed by atoms with Crippen LogP contribution in [0, 0.1) is 5.82 Å². The molecular weight excluding hydrogens is 439 g/mol. The van der Waals surface area contributed by atoms with E-state index in [1.54, 1.807) is 6.07 Å². The minimum atomic E-state index is -0.149. The van der Waals surface area contributed by atoms with Gasteiger partial charge in [0.25, 0.3) is 0 Å². The van der Waals surface area contributed by atoms with Gasteiger partial charge in [0.2, 0.25) is 0 Å². The van der Waals surface area contributed by atoms with Gasteiger partial charge >= 0.3 is 0 Å². The summed E-state index contributed by atoms with van der Waals surface area (Å²) in [4.78, 5) is 0. The molecule has 0 nitrogen and oxygen atoms in total. The predicted octanol–water partition coefficient (Wildman–Crippen LogP) is 6.07. The van der Waals surface area contributed by atoms with Gasteiger partial charge in [-0.15, -0.1) is 0 Å². The molecule has 2 aromatic rings. The molecule has 0 aliphatic rings. The van der Waals surface area contributed by atoms with Gasteiger partial charge in [0.1, 0.15) is 5.82 Å². The van der Waals surface area contributed by atoms with Crippen molar-refractivity contribution in [2.24, 2.45) is 0 Å². The zero-order valence-electron chi connectivity index (χ0n) is 10.0. The molecule has 0 radical (unpaired) electrons. The van der Waals surface area contributed by atoms with Crippen molar-refractivity contribution in [2.45, 2.75) is 12.3 Å².